The summed E-state index contributed by atoms with van der Waals surface area (Å²) < 4.78 is 0. The zero-order valence-electron chi connectivity index (χ0n) is 18.2. The summed E-state index contributed by atoms with van der Waals surface area (Å²) in [6.07, 6.45) is 3.30. The Hall–Kier alpha value is -3.13. The van der Waals surface area contributed by atoms with E-state index in [0.29, 0.717) is 55.4 Å². The molecule has 1 aliphatic carbocycles. The second kappa shape index (κ2) is 8.67. The van der Waals surface area contributed by atoms with Crippen molar-refractivity contribution in [2.75, 3.05) is 40.9 Å². The molecule has 0 radical (unpaired) electrons. The van der Waals surface area contributed by atoms with Crippen LogP contribution >= 0.6 is 11.6 Å². The number of nitro benzene ring substituents is 1. The van der Waals surface area contributed by atoms with E-state index in [1.165, 1.54) is 11.0 Å². The number of amides is 2. The van der Waals surface area contributed by atoms with Crippen molar-refractivity contribution in [3.05, 3.63) is 57.6 Å². The van der Waals surface area contributed by atoms with Gasteiger partial charge in [-0.25, -0.2) is 4.90 Å². The summed E-state index contributed by atoms with van der Waals surface area (Å²) in [5, 5.41) is 12.6. The molecule has 2 atom stereocenters. The van der Waals surface area contributed by atoms with Gasteiger partial charge in [0.25, 0.3) is 5.69 Å². The van der Waals surface area contributed by atoms with E-state index < -0.39 is 4.92 Å². The molecular formula is C24H25ClN4O4. The van der Waals surface area contributed by atoms with Crippen LogP contribution in [-0.4, -0.2) is 42.9 Å². The first-order chi connectivity index (χ1) is 15.9. The van der Waals surface area contributed by atoms with Gasteiger partial charge in [0.1, 0.15) is 5.69 Å². The molecule has 1 saturated carbocycles. The van der Waals surface area contributed by atoms with Gasteiger partial charge in [-0.05, 0) is 43.2 Å². The Morgan fingerprint density at radius 2 is 1.48 bits per heavy atom. The molecule has 0 unspecified atom stereocenters. The Morgan fingerprint density at radius 3 is 2.09 bits per heavy atom. The molecule has 2 heterocycles. The van der Waals surface area contributed by atoms with E-state index in [1.807, 2.05) is 29.2 Å². The van der Waals surface area contributed by atoms with Gasteiger partial charge in [0.05, 0.1) is 22.4 Å². The number of hydrogen-bond donors (Lipinski definition) is 0. The molecule has 3 fully saturated rings. The van der Waals surface area contributed by atoms with Crippen molar-refractivity contribution in [1.82, 2.24) is 0 Å². The maximum absolute atomic E-state index is 12.9. The number of fused-ring (bicyclic) bond motifs is 1. The van der Waals surface area contributed by atoms with Gasteiger partial charge >= 0.3 is 0 Å². The summed E-state index contributed by atoms with van der Waals surface area (Å²) in [6, 6.07) is 12.4. The largest absolute Gasteiger partial charge is 0.368 e. The van der Waals surface area contributed by atoms with E-state index in [0.717, 1.165) is 18.5 Å². The number of nitro groups is 1. The van der Waals surface area contributed by atoms with Crippen LogP contribution in [0.4, 0.5) is 22.7 Å². The minimum absolute atomic E-state index is 0.0841. The predicted molar refractivity (Wildman–Crippen MR) is 127 cm³/mol. The topological polar surface area (TPSA) is 87.0 Å². The minimum atomic E-state index is -0.430. The number of imide groups is 1. The highest BCUT2D eigenvalue weighted by atomic mass is 35.5. The van der Waals surface area contributed by atoms with E-state index in [2.05, 4.69) is 4.90 Å². The number of benzene rings is 2. The zero-order valence-corrected chi connectivity index (χ0v) is 18.9. The molecule has 2 aromatic rings. The quantitative estimate of drug-likeness (QED) is 0.378. The lowest BCUT2D eigenvalue weighted by Crippen LogP contribution is -2.46. The molecular weight excluding hydrogens is 444 g/mol. The summed E-state index contributed by atoms with van der Waals surface area (Å²) >= 11 is 6.11. The summed E-state index contributed by atoms with van der Waals surface area (Å²) in [5.74, 6) is -1.02. The number of anilines is 3. The molecule has 2 aliphatic heterocycles. The zero-order chi connectivity index (χ0) is 23.1. The second-order valence-corrected chi connectivity index (χ2v) is 9.33. The lowest BCUT2D eigenvalue weighted by molar-refractivity contribution is -0.384. The van der Waals surface area contributed by atoms with Crippen molar-refractivity contribution in [2.24, 2.45) is 11.8 Å². The van der Waals surface area contributed by atoms with E-state index >= 15 is 0 Å². The fraction of sp³-hybridized carbons (Fsp3) is 0.417. The summed E-state index contributed by atoms with van der Waals surface area (Å²) in [7, 11) is 0. The van der Waals surface area contributed by atoms with Gasteiger partial charge in [-0.3, -0.25) is 19.7 Å². The molecule has 33 heavy (non-hydrogen) atoms. The van der Waals surface area contributed by atoms with Crippen LogP contribution in [-0.2, 0) is 9.59 Å². The maximum Gasteiger partial charge on any atom is 0.294 e. The number of piperazine rings is 1. The van der Waals surface area contributed by atoms with Gasteiger partial charge in [-0.2, -0.15) is 0 Å². The van der Waals surface area contributed by atoms with Gasteiger partial charge in [-0.15, -0.1) is 0 Å². The van der Waals surface area contributed by atoms with Crippen LogP contribution in [0.5, 0.6) is 0 Å². The van der Waals surface area contributed by atoms with Crippen molar-refractivity contribution in [2.45, 2.75) is 25.7 Å². The number of rotatable bonds is 4. The average Bonchev–Trinajstić information content (AvgIpc) is 3.09. The standard InChI is InChI=1S/C24H25ClN4O4/c25-16-4-3-5-17(14-16)26-10-12-27(13-11-26)21-9-8-18(15-22(21)29(32)33)28-23(30)19-6-1-2-7-20(19)24(28)31/h3-5,8-9,14-15,19-20H,1-2,6-7,10-13H2/t19-,20-/m0/s1. The molecule has 8 nitrogen and oxygen atoms in total. The SMILES string of the molecule is O=C1[C@H]2CCCC[C@@H]2C(=O)N1c1ccc(N2CCN(c3cccc(Cl)c3)CC2)c([N+](=O)[O-])c1. The van der Waals surface area contributed by atoms with Crippen molar-refractivity contribution in [3.63, 3.8) is 0 Å². The Labute approximate surface area is 196 Å². The first-order valence-corrected chi connectivity index (χ1v) is 11.7. The number of carbonyl (C=O) groups excluding carboxylic acids is 2. The number of hydrogen-bond acceptors (Lipinski definition) is 6. The van der Waals surface area contributed by atoms with Crippen LogP contribution in [0.3, 0.4) is 0 Å². The van der Waals surface area contributed by atoms with Gasteiger partial charge < -0.3 is 9.80 Å². The Morgan fingerprint density at radius 1 is 0.848 bits per heavy atom. The lowest BCUT2D eigenvalue weighted by Gasteiger charge is -2.37. The van der Waals surface area contributed by atoms with Crippen molar-refractivity contribution in [1.29, 1.82) is 0 Å². The van der Waals surface area contributed by atoms with E-state index in [-0.39, 0.29) is 29.3 Å². The number of halogens is 1. The summed E-state index contributed by atoms with van der Waals surface area (Å²) in [6.45, 7) is 2.62. The average molecular weight is 469 g/mol. The van der Waals surface area contributed by atoms with Gasteiger partial charge in [0.15, 0.2) is 0 Å². The fourth-order valence-corrected chi connectivity index (χ4v) is 5.54. The molecule has 2 aromatic carbocycles. The van der Waals surface area contributed by atoms with Crippen molar-refractivity contribution >= 4 is 46.2 Å². The number of nitrogens with zero attached hydrogens (tertiary/aromatic N) is 4. The predicted octanol–water partition coefficient (Wildman–Crippen LogP) is 4.25. The third kappa shape index (κ3) is 3.93. The van der Waals surface area contributed by atoms with Crippen molar-refractivity contribution in [3.8, 4) is 0 Å². The molecule has 2 amide bonds. The van der Waals surface area contributed by atoms with Gasteiger partial charge in [0, 0.05) is 43.0 Å². The molecule has 0 bridgehead atoms. The van der Waals surface area contributed by atoms with Crippen molar-refractivity contribution < 1.29 is 14.5 Å². The molecule has 3 aliphatic rings. The van der Waals surface area contributed by atoms with Crippen LogP contribution in [0.2, 0.25) is 5.02 Å². The molecule has 9 heteroatoms. The Bertz CT molecular complexity index is 1090. The molecule has 0 N–H and O–H groups in total. The second-order valence-electron chi connectivity index (χ2n) is 8.89. The first kappa shape index (κ1) is 21.7. The first-order valence-electron chi connectivity index (χ1n) is 11.4. The van der Waals surface area contributed by atoms with Crippen LogP contribution < -0.4 is 14.7 Å². The normalized spacial score (nSPS) is 23.1. The highest BCUT2D eigenvalue weighted by Crippen LogP contribution is 2.42. The van der Waals surface area contributed by atoms with Crippen LogP contribution in [0.15, 0.2) is 42.5 Å². The van der Waals surface area contributed by atoms with Crippen LogP contribution in [0.25, 0.3) is 0 Å². The fourth-order valence-electron chi connectivity index (χ4n) is 5.36. The van der Waals surface area contributed by atoms with Crippen LogP contribution in [0.1, 0.15) is 25.7 Å². The third-order valence-corrected chi connectivity index (χ3v) is 7.28. The van der Waals surface area contributed by atoms with E-state index in [1.54, 1.807) is 12.1 Å². The van der Waals surface area contributed by atoms with Crippen LogP contribution in [0, 0.1) is 22.0 Å². The highest BCUT2D eigenvalue weighted by molar-refractivity contribution is 6.30. The summed E-state index contributed by atoms with van der Waals surface area (Å²) in [4.78, 5) is 42.7. The maximum atomic E-state index is 12.9. The molecule has 2 saturated heterocycles. The molecule has 0 spiro atoms. The van der Waals surface area contributed by atoms with E-state index in [9.17, 15) is 19.7 Å². The van der Waals surface area contributed by atoms with Gasteiger partial charge in [-0.1, -0.05) is 30.5 Å². The highest BCUT2D eigenvalue weighted by Gasteiger charge is 2.49. The minimum Gasteiger partial charge on any atom is -0.368 e. The third-order valence-electron chi connectivity index (χ3n) is 7.05. The lowest BCUT2D eigenvalue weighted by atomic mass is 9.81. The Kier molecular flexibility index (Phi) is 5.70. The summed E-state index contributed by atoms with van der Waals surface area (Å²) in [5.41, 5.74) is 1.75. The molecule has 0 aromatic heterocycles. The smallest absolute Gasteiger partial charge is 0.294 e. The number of carbonyl (C=O) groups is 2. The monoisotopic (exact) mass is 468 g/mol. The Balaban J connectivity index is 1.37. The molecule has 5 rings (SSSR count). The molecule has 172 valence electrons. The van der Waals surface area contributed by atoms with Gasteiger partial charge in [0.2, 0.25) is 11.8 Å². The van der Waals surface area contributed by atoms with E-state index in [4.69, 9.17) is 11.6 Å².